The molecule has 6 heteroatoms. The molecule has 0 atom stereocenters. The third kappa shape index (κ3) is 5.49. The van der Waals surface area contributed by atoms with Crippen LogP contribution in [0.2, 0.25) is 0 Å². The Hall–Kier alpha value is -2.99. The minimum atomic E-state index is -0.0968. The van der Waals surface area contributed by atoms with E-state index in [4.69, 9.17) is 4.74 Å². The summed E-state index contributed by atoms with van der Waals surface area (Å²) in [5.74, 6) is 0.599. The standard InChI is InChI=1S/C21H20N2O3S/c1-14-3-7-17(8-4-14)22-20(25)11-21-23-18(13-27-21)12-26-19-9-5-16(6-10-19)15(2)24/h3-10,13H,11-12H2,1-2H3,(H,22,25). The highest BCUT2D eigenvalue weighted by Gasteiger charge is 2.09. The Bertz CT molecular complexity index is 931. The first kappa shape index (κ1) is 18.8. The van der Waals surface area contributed by atoms with Crippen molar-refractivity contribution in [3.63, 3.8) is 0 Å². The van der Waals surface area contributed by atoms with Crippen molar-refractivity contribution in [2.75, 3.05) is 5.32 Å². The number of ether oxygens (including phenoxy) is 1. The fourth-order valence-electron chi connectivity index (χ4n) is 2.42. The van der Waals surface area contributed by atoms with E-state index in [1.54, 1.807) is 24.3 Å². The van der Waals surface area contributed by atoms with E-state index in [1.807, 2.05) is 36.6 Å². The van der Waals surface area contributed by atoms with Gasteiger partial charge in [-0.05, 0) is 50.2 Å². The summed E-state index contributed by atoms with van der Waals surface area (Å²) >= 11 is 1.44. The van der Waals surface area contributed by atoms with E-state index in [9.17, 15) is 9.59 Å². The van der Waals surface area contributed by atoms with Crippen LogP contribution in [0.4, 0.5) is 5.69 Å². The Morgan fingerprint density at radius 2 is 1.78 bits per heavy atom. The van der Waals surface area contributed by atoms with Crippen LogP contribution in [0.3, 0.4) is 0 Å². The molecule has 1 N–H and O–H groups in total. The molecular formula is C21H20N2O3S. The second-order valence-electron chi connectivity index (χ2n) is 6.19. The van der Waals surface area contributed by atoms with E-state index >= 15 is 0 Å². The van der Waals surface area contributed by atoms with E-state index in [2.05, 4.69) is 10.3 Å². The van der Waals surface area contributed by atoms with Gasteiger partial charge in [-0.1, -0.05) is 17.7 Å². The third-order valence-electron chi connectivity index (χ3n) is 3.89. The molecular weight excluding hydrogens is 360 g/mol. The molecule has 2 aromatic carbocycles. The third-order valence-corrected chi connectivity index (χ3v) is 4.79. The van der Waals surface area contributed by atoms with Crippen LogP contribution in [0.15, 0.2) is 53.9 Å². The lowest BCUT2D eigenvalue weighted by molar-refractivity contribution is -0.115. The van der Waals surface area contributed by atoms with Crippen LogP contribution in [-0.4, -0.2) is 16.7 Å². The molecule has 0 aliphatic rings. The molecule has 3 rings (SSSR count). The summed E-state index contributed by atoms with van der Waals surface area (Å²) in [7, 11) is 0. The highest BCUT2D eigenvalue weighted by Crippen LogP contribution is 2.17. The molecule has 0 aliphatic carbocycles. The number of thiazole rings is 1. The van der Waals surface area contributed by atoms with Gasteiger partial charge in [-0.2, -0.15) is 0 Å². The van der Waals surface area contributed by atoms with Crippen LogP contribution in [0.1, 0.15) is 33.5 Å². The largest absolute Gasteiger partial charge is 0.487 e. The molecule has 0 saturated heterocycles. The second-order valence-corrected chi connectivity index (χ2v) is 7.14. The summed E-state index contributed by atoms with van der Waals surface area (Å²) in [6.07, 6.45) is 0.228. The number of aryl methyl sites for hydroxylation is 1. The van der Waals surface area contributed by atoms with Gasteiger partial charge in [0.2, 0.25) is 5.91 Å². The van der Waals surface area contributed by atoms with Crippen molar-refractivity contribution >= 4 is 28.7 Å². The first-order valence-electron chi connectivity index (χ1n) is 8.53. The quantitative estimate of drug-likeness (QED) is 0.616. The number of carbonyl (C=O) groups excluding carboxylic acids is 2. The molecule has 0 unspecified atom stereocenters. The zero-order valence-electron chi connectivity index (χ0n) is 15.2. The Labute approximate surface area is 162 Å². The van der Waals surface area contributed by atoms with Crippen LogP contribution in [-0.2, 0) is 17.8 Å². The highest BCUT2D eigenvalue weighted by molar-refractivity contribution is 7.09. The molecule has 1 heterocycles. The Balaban J connectivity index is 1.51. The number of amides is 1. The zero-order valence-corrected chi connectivity index (χ0v) is 16.0. The molecule has 1 amide bonds. The number of nitrogens with one attached hydrogen (secondary N) is 1. The summed E-state index contributed by atoms with van der Waals surface area (Å²) in [5.41, 5.74) is 3.35. The SMILES string of the molecule is CC(=O)c1ccc(OCc2csc(CC(=O)Nc3ccc(C)cc3)n2)cc1. The molecule has 3 aromatic rings. The molecule has 0 radical (unpaired) electrons. The first-order valence-corrected chi connectivity index (χ1v) is 9.41. The predicted octanol–water partition coefficient (Wildman–Crippen LogP) is 4.41. The molecule has 0 saturated carbocycles. The maximum Gasteiger partial charge on any atom is 0.231 e. The van der Waals surface area contributed by atoms with Gasteiger partial charge in [0.25, 0.3) is 0 Å². The fraction of sp³-hybridized carbons (Fsp3) is 0.190. The summed E-state index contributed by atoms with van der Waals surface area (Å²) in [6.45, 7) is 3.85. The molecule has 138 valence electrons. The lowest BCUT2D eigenvalue weighted by Gasteiger charge is -2.05. The van der Waals surface area contributed by atoms with Gasteiger partial charge >= 0.3 is 0 Å². The number of ketones is 1. The maximum absolute atomic E-state index is 12.1. The van der Waals surface area contributed by atoms with Crippen LogP contribution < -0.4 is 10.1 Å². The summed E-state index contributed by atoms with van der Waals surface area (Å²) < 4.78 is 5.68. The number of nitrogens with zero attached hydrogens (tertiary/aromatic N) is 1. The Morgan fingerprint density at radius 3 is 2.44 bits per heavy atom. The summed E-state index contributed by atoms with van der Waals surface area (Å²) in [6, 6.07) is 14.7. The van der Waals surface area contributed by atoms with Gasteiger partial charge in [0.15, 0.2) is 5.78 Å². The van der Waals surface area contributed by atoms with Gasteiger partial charge in [0.1, 0.15) is 17.4 Å². The van der Waals surface area contributed by atoms with Crippen molar-refractivity contribution in [3.05, 3.63) is 75.7 Å². The van der Waals surface area contributed by atoms with E-state index in [1.165, 1.54) is 18.3 Å². The maximum atomic E-state index is 12.1. The molecule has 0 aliphatic heterocycles. The number of hydrogen-bond donors (Lipinski definition) is 1. The zero-order chi connectivity index (χ0) is 19.2. The lowest BCUT2D eigenvalue weighted by Crippen LogP contribution is -2.14. The van der Waals surface area contributed by atoms with Crippen molar-refractivity contribution in [2.45, 2.75) is 26.9 Å². The van der Waals surface area contributed by atoms with E-state index < -0.39 is 0 Å². The van der Waals surface area contributed by atoms with Crippen LogP contribution >= 0.6 is 11.3 Å². The number of carbonyl (C=O) groups is 2. The number of hydrogen-bond acceptors (Lipinski definition) is 5. The smallest absolute Gasteiger partial charge is 0.231 e. The van der Waals surface area contributed by atoms with Crippen molar-refractivity contribution in [1.29, 1.82) is 0 Å². The normalized spacial score (nSPS) is 10.4. The number of Topliss-reactive ketones (excluding diaryl/α,β-unsaturated/α-hetero) is 1. The molecule has 27 heavy (non-hydrogen) atoms. The Morgan fingerprint density at radius 1 is 1.07 bits per heavy atom. The number of aromatic nitrogens is 1. The number of anilines is 1. The molecule has 0 spiro atoms. The van der Waals surface area contributed by atoms with Gasteiger partial charge in [0.05, 0.1) is 12.1 Å². The Kier molecular flexibility index (Phi) is 5.98. The average Bonchev–Trinajstić information content (AvgIpc) is 3.09. The number of benzene rings is 2. The van der Waals surface area contributed by atoms with Crippen LogP contribution in [0.25, 0.3) is 0 Å². The van der Waals surface area contributed by atoms with E-state index in [0.29, 0.717) is 17.9 Å². The van der Waals surface area contributed by atoms with Gasteiger partial charge in [-0.25, -0.2) is 4.98 Å². The molecule has 5 nitrogen and oxygen atoms in total. The van der Waals surface area contributed by atoms with Crippen LogP contribution in [0.5, 0.6) is 5.75 Å². The fourth-order valence-corrected chi connectivity index (χ4v) is 3.20. The van der Waals surface area contributed by atoms with Gasteiger partial charge in [0, 0.05) is 16.6 Å². The van der Waals surface area contributed by atoms with E-state index in [-0.39, 0.29) is 18.1 Å². The van der Waals surface area contributed by atoms with Crippen molar-refractivity contribution in [2.24, 2.45) is 0 Å². The monoisotopic (exact) mass is 380 g/mol. The highest BCUT2D eigenvalue weighted by atomic mass is 32.1. The minimum Gasteiger partial charge on any atom is -0.487 e. The first-order chi connectivity index (χ1) is 13.0. The predicted molar refractivity (Wildman–Crippen MR) is 106 cm³/mol. The molecule has 1 aromatic heterocycles. The summed E-state index contributed by atoms with van der Waals surface area (Å²) in [4.78, 5) is 27.9. The van der Waals surface area contributed by atoms with Crippen LogP contribution in [0, 0.1) is 6.92 Å². The topological polar surface area (TPSA) is 68.3 Å². The van der Waals surface area contributed by atoms with Crippen molar-refractivity contribution < 1.29 is 14.3 Å². The minimum absolute atomic E-state index is 0.0228. The van der Waals surface area contributed by atoms with Crippen molar-refractivity contribution in [1.82, 2.24) is 4.98 Å². The average molecular weight is 380 g/mol. The second kappa shape index (κ2) is 8.60. The van der Waals surface area contributed by atoms with Gasteiger partial charge < -0.3 is 10.1 Å². The van der Waals surface area contributed by atoms with Gasteiger partial charge in [-0.15, -0.1) is 11.3 Å². The number of rotatable bonds is 7. The molecule has 0 fully saturated rings. The summed E-state index contributed by atoms with van der Waals surface area (Å²) in [5, 5.41) is 5.50. The van der Waals surface area contributed by atoms with Crippen molar-refractivity contribution in [3.8, 4) is 5.75 Å². The van der Waals surface area contributed by atoms with Gasteiger partial charge in [-0.3, -0.25) is 9.59 Å². The molecule has 0 bridgehead atoms. The van der Waals surface area contributed by atoms with E-state index in [0.717, 1.165) is 22.0 Å². The lowest BCUT2D eigenvalue weighted by atomic mass is 10.1.